The normalized spacial score (nSPS) is 15.8. The molecule has 0 saturated carbocycles. The maximum absolute atomic E-state index is 11.9. The number of nitrogens with one attached hydrogen (secondary N) is 2. The molecule has 0 unspecified atom stereocenters. The third kappa shape index (κ3) is 6.18. The van der Waals surface area contributed by atoms with Gasteiger partial charge in [-0.05, 0) is 66.2 Å². The molecule has 0 spiro atoms. The van der Waals surface area contributed by atoms with Crippen molar-refractivity contribution >= 4 is 17.4 Å². The number of thiophene rings is 1. The maximum Gasteiger partial charge on any atom is 0.314 e. The summed E-state index contributed by atoms with van der Waals surface area (Å²) in [6.45, 7) is 4.76. The zero-order chi connectivity index (χ0) is 17.3. The van der Waals surface area contributed by atoms with Gasteiger partial charge in [-0.3, -0.25) is 4.90 Å². The molecular weight excluding hydrogens is 330 g/mol. The minimum atomic E-state index is -0.0448. The molecule has 1 fully saturated rings. The van der Waals surface area contributed by atoms with Crippen LogP contribution in [0.3, 0.4) is 0 Å². The first-order valence-corrected chi connectivity index (χ1v) is 10.0. The third-order valence-electron chi connectivity index (χ3n) is 4.79. The summed E-state index contributed by atoms with van der Waals surface area (Å²) in [6, 6.07) is 12.4. The minimum Gasteiger partial charge on any atom is -0.338 e. The zero-order valence-corrected chi connectivity index (χ0v) is 15.4. The number of urea groups is 1. The Bertz CT molecular complexity index is 622. The summed E-state index contributed by atoms with van der Waals surface area (Å²) < 4.78 is 0. The number of hydrogen-bond donors (Lipinski definition) is 2. The quantitative estimate of drug-likeness (QED) is 0.796. The molecule has 2 N–H and O–H groups in total. The van der Waals surface area contributed by atoms with Gasteiger partial charge in [0.1, 0.15) is 0 Å². The van der Waals surface area contributed by atoms with E-state index in [1.165, 1.54) is 11.1 Å². The van der Waals surface area contributed by atoms with E-state index >= 15 is 0 Å². The van der Waals surface area contributed by atoms with Gasteiger partial charge in [-0.25, -0.2) is 4.79 Å². The van der Waals surface area contributed by atoms with Crippen LogP contribution in [0.15, 0.2) is 47.2 Å². The van der Waals surface area contributed by atoms with Crippen molar-refractivity contribution in [2.45, 2.75) is 25.8 Å². The first kappa shape index (κ1) is 18.0. The highest BCUT2D eigenvalue weighted by atomic mass is 32.1. The van der Waals surface area contributed by atoms with Crippen LogP contribution in [0.25, 0.3) is 0 Å². The Morgan fingerprint density at radius 3 is 2.60 bits per heavy atom. The van der Waals surface area contributed by atoms with Crippen molar-refractivity contribution in [3.05, 3.63) is 58.3 Å². The summed E-state index contributed by atoms with van der Waals surface area (Å²) in [6.07, 6.45) is 3.19. The Balaban J connectivity index is 1.27. The van der Waals surface area contributed by atoms with Crippen molar-refractivity contribution in [1.82, 2.24) is 15.5 Å². The Morgan fingerprint density at radius 2 is 1.88 bits per heavy atom. The van der Waals surface area contributed by atoms with Gasteiger partial charge >= 0.3 is 6.03 Å². The zero-order valence-electron chi connectivity index (χ0n) is 14.6. The van der Waals surface area contributed by atoms with E-state index in [0.29, 0.717) is 12.5 Å². The molecule has 0 radical (unpaired) electrons. The largest absolute Gasteiger partial charge is 0.338 e. The summed E-state index contributed by atoms with van der Waals surface area (Å²) in [5.41, 5.74) is 2.67. The van der Waals surface area contributed by atoms with Crippen LogP contribution in [0, 0.1) is 5.92 Å². The van der Waals surface area contributed by atoms with Crippen LogP contribution < -0.4 is 10.6 Å². The second-order valence-electron chi connectivity index (χ2n) is 6.72. The average molecular weight is 358 g/mol. The van der Waals surface area contributed by atoms with Crippen LogP contribution >= 0.6 is 11.3 Å². The lowest BCUT2D eigenvalue weighted by atomic mass is 9.96. The van der Waals surface area contributed by atoms with Gasteiger partial charge in [0.2, 0.25) is 0 Å². The highest BCUT2D eigenvalue weighted by Gasteiger charge is 2.19. The number of rotatable bonds is 7. The van der Waals surface area contributed by atoms with Crippen molar-refractivity contribution < 1.29 is 4.79 Å². The van der Waals surface area contributed by atoms with Gasteiger partial charge in [-0.1, -0.05) is 30.3 Å². The van der Waals surface area contributed by atoms with Crippen molar-refractivity contribution in [2.24, 2.45) is 5.92 Å². The van der Waals surface area contributed by atoms with E-state index in [0.717, 1.165) is 45.4 Å². The standard InChI is InChI=1S/C20H27N3OS/c24-20(21-10-6-17-4-2-1-3-5-17)22-14-18-7-11-23(12-8-18)15-19-9-13-25-16-19/h1-5,9,13,16,18H,6-8,10-12,14-15H2,(H2,21,22,24). The smallest absolute Gasteiger partial charge is 0.314 e. The highest BCUT2D eigenvalue weighted by molar-refractivity contribution is 7.07. The fraction of sp³-hybridized carbons (Fsp3) is 0.450. The van der Waals surface area contributed by atoms with E-state index in [9.17, 15) is 4.79 Å². The van der Waals surface area contributed by atoms with E-state index in [2.05, 4.69) is 44.5 Å². The predicted molar refractivity (Wildman–Crippen MR) is 104 cm³/mol. The third-order valence-corrected chi connectivity index (χ3v) is 5.52. The topological polar surface area (TPSA) is 44.4 Å². The van der Waals surface area contributed by atoms with E-state index in [1.807, 2.05) is 18.2 Å². The lowest BCUT2D eigenvalue weighted by molar-refractivity contribution is 0.175. The van der Waals surface area contributed by atoms with E-state index in [4.69, 9.17) is 0 Å². The van der Waals surface area contributed by atoms with Gasteiger partial charge in [0.25, 0.3) is 0 Å². The lowest BCUT2D eigenvalue weighted by Crippen LogP contribution is -2.42. The molecule has 0 bridgehead atoms. The Kier molecular flexibility index (Phi) is 6.89. The molecular formula is C20H27N3OS. The average Bonchev–Trinajstić information content (AvgIpc) is 3.15. The van der Waals surface area contributed by atoms with Gasteiger partial charge < -0.3 is 10.6 Å². The SMILES string of the molecule is O=C(NCCc1ccccc1)NCC1CCN(Cc2ccsc2)CC1. The molecule has 1 saturated heterocycles. The van der Waals surface area contributed by atoms with Crippen LogP contribution in [0.1, 0.15) is 24.0 Å². The van der Waals surface area contributed by atoms with Crippen molar-refractivity contribution in [1.29, 1.82) is 0 Å². The number of hydrogen-bond acceptors (Lipinski definition) is 3. The molecule has 1 aliphatic rings. The molecule has 0 atom stereocenters. The molecule has 3 rings (SSSR count). The second kappa shape index (κ2) is 9.59. The number of carbonyl (C=O) groups excluding carboxylic acids is 1. The summed E-state index contributed by atoms with van der Waals surface area (Å²) in [4.78, 5) is 14.4. The van der Waals surface area contributed by atoms with Crippen molar-refractivity contribution in [2.75, 3.05) is 26.2 Å². The first-order valence-electron chi connectivity index (χ1n) is 9.08. The van der Waals surface area contributed by atoms with E-state index < -0.39 is 0 Å². The van der Waals surface area contributed by atoms with Gasteiger partial charge in [0.05, 0.1) is 0 Å². The summed E-state index contributed by atoms with van der Waals surface area (Å²) in [5, 5.41) is 10.4. The Labute approximate surface area is 154 Å². The molecule has 2 aromatic rings. The van der Waals surface area contributed by atoms with Crippen LogP contribution in [0.2, 0.25) is 0 Å². The number of benzene rings is 1. The maximum atomic E-state index is 11.9. The van der Waals surface area contributed by atoms with Gasteiger partial charge in [-0.2, -0.15) is 11.3 Å². The minimum absolute atomic E-state index is 0.0448. The monoisotopic (exact) mass is 357 g/mol. The summed E-state index contributed by atoms with van der Waals surface area (Å²) in [5.74, 6) is 0.596. The predicted octanol–water partition coefficient (Wildman–Crippen LogP) is 3.50. The molecule has 2 heterocycles. The first-order chi connectivity index (χ1) is 12.3. The molecule has 25 heavy (non-hydrogen) atoms. The van der Waals surface area contributed by atoms with Crippen LogP contribution in [0.5, 0.6) is 0 Å². The molecule has 5 heteroatoms. The second-order valence-corrected chi connectivity index (χ2v) is 7.50. The van der Waals surface area contributed by atoms with Gasteiger partial charge in [-0.15, -0.1) is 0 Å². The highest BCUT2D eigenvalue weighted by Crippen LogP contribution is 2.19. The molecule has 134 valence electrons. The van der Waals surface area contributed by atoms with Crippen LogP contribution in [0.4, 0.5) is 4.79 Å². The van der Waals surface area contributed by atoms with Crippen LogP contribution in [-0.2, 0) is 13.0 Å². The molecule has 4 nitrogen and oxygen atoms in total. The Hall–Kier alpha value is -1.85. The van der Waals surface area contributed by atoms with Crippen molar-refractivity contribution in [3.63, 3.8) is 0 Å². The molecule has 1 aliphatic heterocycles. The summed E-state index contributed by atoms with van der Waals surface area (Å²) >= 11 is 1.76. The van der Waals surface area contributed by atoms with Crippen LogP contribution in [-0.4, -0.2) is 37.1 Å². The lowest BCUT2D eigenvalue weighted by Gasteiger charge is -2.31. The Morgan fingerprint density at radius 1 is 1.08 bits per heavy atom. The van der Waals surface area contributed by atoms with Crippen molar-refractivity contribution in [3.8, 4) is 0 Å². The molecule has 0 aliphatic carbocycles. The molecule has 1 aromatic heterocycles. The van der Waals surface area contributed by atoms with E-state index in [-0.39, 0.29) is 6.03 Å². The number of piperidine rings is 1. The molecule has 2 amide bonds. The molecule has 1 aromatic carbocycles. The fourth-order valence-electron chi connectivity index (χ4n) is 3.25. The summed E-state index contributed by atoms with van der Waals surface area (Å²) in [7, 11) is 0. The number of amides is 2. The number of carbonyl (C=O) groups is 1. The number of likely N-dealkylation sites (tertiary alicyclic amines) is 1. The van der Waals surface area contributed by atoms with Gasteiger partial charge in [0, 0.05) is 19.6 Å². The fourth-order valence-corrected chi connectivity index (χ4v) is 3.91. The van der Waals surface area contributed by atoms with Gasteiger partial charge in [0.15, 0.2) is 0 Å². The van der Waals surface area contributed by atoms with E-state index in [1.54, 1.807) is 11.3 Å². The number of nitrogens with zero attached hydrogens (tertiary/aromatic N) is 1.